The molecule has 4 N–H and O–H groups in total. The van der Waals surface area contributed by atoms with Gasteiger partial charge in [0, 0.05) is 0 Å². The molecule has 1 fully saturated rings. The summed E-state index contributed by atoms with van der Waals surface area (Å²) in [6, 6.07) is 0. The monoisotopic (exact) mass is 190 g/mol. The molecular weight excluding hydrogens is 178 g/mol. The summed E-state index contributed by atoms with van der Waals surface area (Å²) < 4.78 is 5.05. The third-order valence-corrected chi connectivity index (χ3v) is 1.97. The Morgan fingerprint density at radius 3 is 2.38 bits per heavy atom. The standard InChI is InChI=1S/C6H12N3O4/c7-9-8-1-3-5(11)6(12)4(2-10)13-3/h3-7,10-12H,1-2H2/q+1/t3-,4+,5+,6+/m0/s1. The van der Waals surface area contributed by atoms with E-state index in [1.807, 2.05) is 0 Å². The predicted octanol–water partition coefficient (Wildman–Crippen LogP) is -1.98. The zero-order valence-corrected chi connectivity index (χ0v) is 6.87. The van der Waals surface area contributed by atoms with Crippen LogP contribution in [0.25, 0.3) is 0 Å². The number of aliphatic hydroxyl groups excluding tert-OH is 3. The minimum atomic E-state index is -1.10. The second kappa shape index (κ2) is 4.40. The molecule has 4 atom stereocenters. The minimum Gasteiger partial charge on any atom is -0.394 e. The first kappa shape index (κ1) is 10.2. The first-order valence-corrected chi connectivity index (χ1v) is 3.86. The largest absolute Gasteiger partial charge is 0.394 e. The van der Waals surface area contributed by atoms with Crippen molar-refractivity contribution in [3.63, 3.8) is 0 Å². The van der Waals surface area contributed by atoms with Gasteiger partial charge in [0.05, 0.1) is 6.61 Å². The number of hydrogen-bond acceptors (Lipinski definition) is 6. The summed E-state index contributed by atoms with van der Waals surface area (Å²) in [5, 5.41) is 30.6. The molecule has 0 aliphatic carbocycles. The smallest absolute Gasteiger partial charge is 0.214 e. The lowest BCUT2D eigenvalue weighted by Gasteiger charge is -2.10. The zero-order chi connectivity index (χ0) is 9.84. The second-order valence-corrected chi connectivity index (χ2v) is 2.80. The molecule has 0 unspecified atom stereocenters. The molecule has 0 aromatic rings. The molecule has 0 bridgehead atoms. The molecule has 13 heavy (non-hydrogen) atoms. The molecule has 0 spiro atoms. The normalized spacial score (nSPS) is 38.7. The van der Waals surface area contributed by atoms with Gasteiger partial charge in [-0.3, -0.25) is 0 Å². The van der Waals surface area contributed by atoms with Crippen LogP contribution in [0, 0.1) is 5.53 Å². The first-order chi connectivity index (χ1) is 6.20. The number of rotatable bonds is 3. The van der Waals surface area contributed by atoms with Gasteiger partial charge in [0.15, 0.2) is 6.54 Å². The van der Waals surface area contributed by atoms with Gasteiger partial charge in [0.2, 0.25) is 4.91 Å². The Kier molecular flexibility index (Phi) is 3.47. The second-order valence-electron chi connectivity index (χ2n) is 2.80. The highest BCUT2D eigenvalue weighted by Gasteiger charge is 2.42. The van der Waals surface area contributed by atoms with E-state index in [0.29, 0.717) is 0 Å². The quantitative estimate of drug-likeness (QED) is 0.304. The van der Waals surface area contributed by atoms with Gasteiger partial charge >= 0.3 is 0 Å². The summed E-state index contributed by atoms with van der Waals surface area (Å²) in [5.74, 6) is 0. The Morgan fingerprint density at radius 1 is 1.31 bits per heavy atom. The maximum absolute atomic E-state index is 9.34. The molecule has 0 radical (unpaired) electrons. The van der Waals surface area contributed by atoms with Gasteiger partial charge in [-0.25, -0.2) is 0 Å². The lowest BCUT2D eigenvalue weighted by Crippen LogP contribution is -2.34. The van der Waals surface area contributed by atoms with Gasteiger partial charge in [-0.2, -0.15) is 0 Å². The molecule has 0 aromatic carbocycles. The van der Waals surface area contributed by atoms with Crippen molar-refractivity contribution in [3.05, 3.63) is 0 Å². The predicted molar refractivity (Wildman–Crippen MR) is 39.9 cm³/mol. The molecule has 0 saturated carbocycles. The average Bonchev–Trinajstić information content (AvgIpc) is 2.41. The van der Waals surface area contributed by atoms with Crippen molar-refractivity contribution in [2.45, 2.75) is 24.4 Å². The van der Waals surface area contributed by atoms with Gasteiger partial charge < -0.3 is 20.1 Å². The van der Waals surface area contributed by atoms with Crippen molar-refractivity contribution >= 4 is 0 Å². The summed E-state index contributed by atoms with van der Waals surface area (Å²) in [7, 11) is 0. The Hall–Kier alpha value is -0.850. The van der Waals surface area contributed by atoms with Crippen LogP contribution in [0.3, 0.4) is 0 Å². The fraction of sp³-hybridized carbons (Fsp3) is 1.00. The SMILES string of the molecule is N=[N+]=NC[C@@H]1O[C@H](CO)[C@@H](O)[C@@H]1O. The molecule has 74 valence electrons. The fourth-order valence-electron chi connectivity index (χ4n) is 1.25. The van der Waals surface area contributed by atoms with E-state index in [1.165, 1.54) is 0 Å². The van der Waals surface area contributed by atoms with E-state index in [9.17, 15) is 10.2 Å². The summed E-state index contributed by atoms with van der Waals surface area (Å²) in [5.41, 5.74) is 6.39. The van der Waals surface area contributed by atoms with Crippen LogP contribution in [0.15, 0.2) is 5.11 Å². The number of aliphatic hydroxyl groups is 3. The van der Waals surface area contributed by atoms with E-state index in [4.69, 9.17) is 15.4 Å². The third kappa shape index (κ3) is 2.09. The van der Waals surface area contributed by atoms with Crippen molar-refractivity contribution in [2.75, 3.05) is 13.2 Å². The van der Waals surface area contributed by atoms with Crippen molar-refractivity contribution in [1.29, 1.82) is 5.53 Å². The Morgan fingerprint density at radius 2 is 1.92 bits per heavy atom. The molecule has 7 nitrogen and oxygen atoms in total. The van der Waals surface area contributed by atoms with Crippen LogP contribution >= 0.6 is 0 Å². The lowest BCUT2D eigenvalue weighted by atomic mass is 10.1. The van der Waals surface area contributed by atoms with E-state index in [2.05, 4.69) is 10.0 Å². The Labute approximate surface area is 74.2 Å². The molecule has 1 rings (SSSR count). The highest BCUT2D eigenvalue weighted by Crippen LogP contribution is 2.20. The highest BCUT2D eigenvalue weighted by molar-refractivity contribution is 4.90. The number of nitrogens with one attached hydrogen (secondary N) is 1. The Bertz CT molecular complexity index is 218. The van der Waals surface area contributed by atoms with Crippen molar-refractivity contribution in [3.8, 4) is 0 Å². The van der Waals surface area contributed by atoms with Crippen LogP contribution < -0.4 is 4.91 Å². The van der Waals surface area contributed by atoms with Gasteiger partial charge in [-0.1, -0.05) is 0 Å². The topological polar surface area (TPSA) is 120 Å². The number of ether oxygens (including phenoxy) is 1. The van der Waals surface area contributed by atoms with Crippen LogP contribution in [-0.2, 0) is 4.74 Å². The average molecular weight is 190 g/mol. The maximum Gasteiger partial charge on any atom is 0.214 e. The van der Waals surface area contributed by atoms with Crippen LogP contribution in [0.5, 0.6) is 0 Å². The lowest BCUT2D eigenvalue weighted by molar-refractivity contribution is -0.0195. The van der Waals surface area contributed by atoms with Crippen LogP contribution in [-0.4, -0.2) is 52.9 Å². The molecule has 0 amide bonds. The van der Waals surface area contributed by atoms with E-state index < -0.39 is 24.4 Å². The number of hydrogen-bond donors (Lipinski definition) is 4. The van der Waals surface area contributed by atoms with Crippen LogP contribution in [0.4, 0.5) is 0 Å². The van der Waals surface area contributed by atoms with Crippen molar-refractivity contribution < 1.29 is 20.1 Å². The van der Waals surface area contributed by atoms with Gasteiger partial charge in [0.1, 0.15) is 35.1 Å². The van der Waals surface area contributed by atoms with Crippen LogP contribution in [0.2, 0.25) is 0 Å². The van der Waals surface area contributed by atoms with Crippen LogP contribution in [0.1, 0.15) is 0 Å². The van der Waals surface area contributed by atoms with Crippen molar-refractivity contribution in [2.24, 2.45) is 5.11 Å². The van der Waals surface area contributed by atoms with E-state index in [0.717, 1.165) is 0 Å². The molecular formula is C6H12N3O4+. The van der Waals surface area contributed by atoms with E-state index >= 15 is 0 Å². The summed E-state index contributed by atoms with van der Waals surface area (Å²) >= 11 is 0. The molecule has 1 saturated heterocycles. The maximum atomic E-state index is 9.34. The fourth-order valence-corrected chi connectivity index (χ4v) is 1.25. The van der Waals surface area contributed by atoms with E-state index in [-0.39, 0.29) is 13.2 Å². The van der Waals surface area contributed by atoms with Crippen molar-refractivity contribution in [1.82, 2.24) is 4.91 Å². The molecule has 1 aliphatic heterocycles. The summed E-state index contributed by atoms with van der Waals surface area (Å²) in [6.07, 6.45) is -3.65. The van der Waals surface area contributed by atoms with E-state index in [1.54, 1.807) is 0 Å². The Balaban J connectivity index is 2.54. The minimum absolute atomic E-state index is 0.0121. The van der Waals surface area contributed by atoms with Gasteiger partial charge in [0.25, 0.3) is 0 Å². The van der Waals surface area contributed by atoms with Gasteiger partial charge in [-0.05, 0) is 0 Å². The summed E-state index contributed by atoms with van der Waals surface area (Å²) in [4.78, 5) is 2.75. The summed E-state index contributed by atoms with van der Waals surface area (Å²) in [6.45, 7) is -0.342. The van der Waals surface area contributed by atoms with Gasteiger partial charge in [-0.15, -0.1) is 0 Å². The highest BCUT2D eigenvalue weighted by atomic mass is 16.6. The molecule has 1 heterocycles. The molecule has 0 aromatic heterocycles. The molecule has 1 aliphatic rings. The third-order valence-electron chi connectivity index (χ3n) is 1.97. The first-order valence-electron chi connectivity index (χ1n) is 3.86. The molecule has 7 heteroatoms. The number of nitrogens with zero attached hydrogens (tertiary/aromatic N) is 2. The zero-order valence-electron chi connectivity index (χ0n) is 6.87.